The molecule has 28 heavy (non-hydrogen) atoms. The Kier molecular flexibility index (Phi) is 6.32. The van der Waals surface area contributed by atoms with E-state index in [0.29, 0.717) is 18.2 Å². The van der Waals surface area contributed by atoms with Gasteiger partial charge in [0.25, 0.3) is 5.91 Å². The summed E-state index contributed by atoms with van der Waals surface area (Å²) in [5.74, 6) is 0.305. The number of aromatic nitrogens is 3. The quantitative estimate of drug-likeness (QED) is 0.680. The third-order valence-corrected chi connectivity index (χ3v) is 4.52. The van der Waals surface area contributed by atoms with E-state index in [2.05, 4.69) is 39.3 Å². The zero-order valence-corrected chi connectivity index (χ0v) is 16.5. The van der Waals surface area contributed by atoms with Gasteiger partial charge >= 0.3 is 0 Å². The van der Waals surface area contributed by atoms with Gasteiger partial charge in [0.15, 0.2) is 0 Å². The summed E-state index contributed by atoms with van der Waals surface area (Å²) in [4.78, 5) is 27.3. The number of nitrogens with one attached hydrogen (secondary N) is 1. The summed E-state index contributed by atoms with van der Waals surface area (Å²) in [6.07, 6.45) is 5.28. The van der Waals surface area contributed by atoms with Gasteiger partial charge in [-0.2, -0.15) is 0 Å². The summed E-state index contributed by atoms with van der Waals surface area (Å²) >= 11 is 0. The SMILES string of the molecule is CCc1ccc(Nc2nc(C)cc(C(=O)N(C)CCc3ccncc3)n2)cc1. The minimum absolute atomic E-state index is 0.121. The van der Waals surface area contributed by atoms with E-state index in [1.807, 2.05) is 31.2 Å². The van der Waals surface area contributed by atoms with Crippen LogP contribution in [0.5, 0.6) is 0 Å². The Balaban J connectivity index is 1.69. The summed E-state index contributed by atoms with van der Waals surface area (Å²) in [6, 6.07) is 13.8. The number of rotatable bonds is 7. The van der Waals surface area contributed by atoms with Crippen molar-refractivity contribution in [3.8, 4) is 0 Å². The van der Waals surface area contributed by atoms with Crippen LogP contribution < -0.4 is 5.32 Å². The van der Waals surface area contributed by atoms with Gasteiger partial charge in [0.2, 0.25) is 5.95 Å². The van der Waals surface area contributed by atoms with Crippen LogP contribution >= 0.6 is 0 Å². The molecule has 1 amide bonds. The number of carbonyl (C=O) groups excluding carboxylic acids is 1. The molecule has 144 valence electrons. The molecule has 6 nitrogen and oxygen atoms in total. The first-order valence-corrected chi connectivity index (χ1v) is 9.41. The highest BCUT2D eigenvalue weighted by Crippen LogP contribution is 2.16. The molecule has 0 aliphatic heterocycles. The Morgan fingerprint density at radius 1 is 1.04 bits per heavy atom. The van der Waals surface area contributed by atoms with Gasteiger partial charge in [0.05, 0.1) is 0 Å². The minimum Gasteiger partial charge on any atom is -0.340 e. The zero-order chi connectivity index (χ0) is 19.9. The van der Waals surface area contributed by atoms with E-state index >= 15 is 0 Å². The molecule has 0 atom stereocenters. The molecule has 3 aromatic rings. The van der Waals surface area contributed by atoms with Crippen LogP contribution in [0.15, 0.2) is 54.9 Å². The van der Waals surface area contributed by atoms with Crippen molar-refractivity contribution in [1.29, 1.82) is 0 Å². The van der Waals surface area contributed by atoms with Crippen LogP contribution in [0.4, 0.5) is 11.6 Å². The smallest absolute Gasteiger partial charge is 0.272 e. The summed E-state index contributed by atoms with van der Waals surface area (Å²) in [5, 5.41) is 3.19. The second kappa shape index (κ2) is 9.08. The van der Waals surface area contributed by atoms with Gasteiger partial charge in [-0.1, -0.05) is 19.1 Å². The first kappa shape index (κ1) is 19.5. The van der Waals surface area contributed by atoms with Crippen LogP contribution in [0.25, 0.3) is 0 Å². The molecular formula is C22H25N5O. The largest absolute Gasteiger partial charge is 0.340 e. The number of hydrogen-bond donors (Lipinski definition) is 1. The first-order chi connectivity index (χ1) is 13.5. The van der Waals surface area contributed by atoms with Crippen LogP contribution in [-0.2, 0) is 12.8 Å². The molecule has 0 unspecified atom stereocenters. The first-order valence-electron chi connectivity index (χ1n) is 9.41. The third-order valence-electron chi connectivity index (χ3n) is 4.52. The predicted molar refractivity (Wildman–Crippen MR) is 111 cm³/mol. The van der Waals surface area contributed by atoms with E-state index in [1.165, 1.54) is 5.56 Å². The van der Waals surface area contributed by atoms with E-state index in [0.717, 1.165) is 29.8 Å². The number of nitrogens with zero attached hydrogens (tertiary/aromatic N) is 4. The fourth-order valence-corrected chi connectivity index (χ4v) is 2.83. The molecule has 0 saturated carbocycles. The van der Waals surface area contributed by atoms with Crippen molar-refractivity contribution in [3.63, 3.8) is 0 Å². The van der Waals surface area contributed by atoms with Crippen molar-refractivity contribution in [3.05, 3.63) is 77.4 Å². The van der Waals surface area contributed by atoms with Gasteiger partial charge in [-0.05, 0) is 61.2 Å². The summed E-state index contributed by atoms with van der Waals surface area (Å²) in [5.41, 5.74) is 4.44. The van der Waals surface area contributed by atoms with Gasteiger partial charge in [-0.3, -0.25) is 9.78 Å². The third kappa shape index (κ3) is 5.13. The Labute approximate surface area is 165 Å². The normalized spacial score (nSPS) is 10.5. The van der Waals surface area contributed by atoms with Crippen molar-refractivity contribution in [2.24, 2.45) is 0 Å². The molecule has 3 rings (SSSR count). The van der Waals surface area contributed by atoms with Gasteiger partial charge in [-0.25, -0.2) is 9.97 Å². The Morgan fingerprint density at radius 3 is 2.43 bits per heavy atom. The maximum atomic E-state index is 12.8. The molecule has 0 aliphatic rings. The lowest BCUT2D eigenvalue weighted by Crippen LogP contribution is -2.30. The van der Waals surface area contributed by atoms with Crippen LogP contribution in [-0.4, -0.2) is 39.4 Å². The maximum absolute atomic E-state index is 12.8. The predicted octanol–water partition coefficient (Wildman–Crippen LogP) is 3.80. The fourth-order valence-electron chi connectivity index (χ4n) is 2.83. The van der Waals surface area contributed by atoms with Crippen LogP contribution in [0.3, 0.4) is 0 Å². The standard InChI is InChI=1S/C22H25N5O/c1-4-17-5-7-19(8-6-17)25-22-24-16(2)15-20(26-22)21(28)27(3)14-11-18-9-12-23-13-10-18/h5-10,12-13,15H,4,11,14H2,1-3H3,(H,24,25,26). The Morgan fingerprint density at radius 2 is 1.75 bits per heavy atom. The van der Waals surface area contributed by atoms with Crippen LogP contribution in [0.2, 0.25) is 0 Å². The highest BCUT2D eigenvalue weighted by Gasteiger charge is 2.15. The molecule has 2 heterocycles. The van der Waals surface area contributed by atoms with E-state index in [4.69, 9.17) is 0 Å². The van der Waals surface area contributed by atoms with Crippen molar-refractivity contribution in [1.82, 2.24) is 19.9 Å². The zero-order valence-electron chi connectivity index (χ0n) is 16.5. The number of aryl methyl sites for hydroxylation is 2. The lowest BCUT2D eigenvalue weighted by atomic mass is 10.1. The average molecular weight is 375 g/mol. The van der Waals surface area contributed by atoms with Crippen molar-refractivity contribution >= 4 is 17.5 Å². The number of amides is 1. The molecular weight excluding hydrogens is 350 g/mol. The number of benzene rings is 1. The van der Waals surface area contributed by atoms with Crippen molar-refractivity contribution < 1.29 is 4.79 Å². The number of carbonyl (C=O) groups is 1. The van der Waals surface area contributed by atoms with Gasteiger partial charge in [0.1, 0.15) is 5.69 Å². The minimum atomic E-state index is -0.121. The van der Waals surface area contributed by atoms with E-state index in [-0.39, 0.29) is 5.91 Å². The summed E-state index contributed by atoms with van der Waals surface area (Å²) < 4.78 is 0. The van der Waals surface area contributed by atoms with Gasteiger partial charge < -0.3 is 10.2 Å². The molecule has 0 fully saturated rings. The molecule has 2 aromatic heterocycles. The van der Waals surface area contributed by atoms with Gasteiger partial charge in [0, 0.05) is 37.4 Å². The number of anilines is 2. The lowest BCUT2D eigenvalue weighted by Gasteiger charge is -2.17. The molecule has 0 spiro atoms. The molecule has 6 heteroatoms. The average Bonchev–Trinajstić information content (AvgIpc) is 2.72. The molecule has 0 bridgehead atoms. The second-order valence-electron chi connectivity index (χ2n) is 6.73. The topological polar surface area (TPSA) is 71.0 Å². The monoisotopic (exact) mass is 375 g/mol. The van der Waals surface area contributed by atoms with E-state index in [9.17, 15) is 4.79 Å². The molecule has 1 aromatic carbocycles. The van der Waals surface area contributed by atoms with Crippen LogP contribution in [0.1, 0.15) is 34.2 Å². The lowest BCUT2D eigenvalue weighted by molar-refractivity contribution is 0.0790. The highest BCUT2D eigenvalue weighted by atomic mass is 16.2. The maximum Gasteiger partial charge on any atom is 0.272 e. The van der Waals surface area contributed by atoms with Crippen molar-refractivity contribution in [2.75, 3.05) is 18.9 Å². The molecule has 1 N–H and O–H groups in total. The molecule has 0 radical (unpaired) electrons. The Hall–Kier alpha value is -3.28. The second-order valence-corrected chi connectivity index (χ2v) is 6.73. The highest BCUT2D eigenvalue weighted by molar-refractivity contribution is 5.92. The van der Waals surface area contributed by atoms with Gasteiger partial charge in [-0.15, -0.1) is 0 Å². The molecule has 0 aliphatic carbocycles. The van der Waals surface area contributed by atoms with Crippen LogP contribution in [0, 0.1) is 6.92 Å². The summed E-state index contributed by atoms with van der Waals surface area (Å²) in [6.45, 7) is 4.59. The summed E-state index contributed by atoms with van der Waals surface area (Å²) in [7, 11) is 1.79. The molecule has 0 saturated heterocycles. The number of pyridine rings is 1. The fraction of sp³-hybridized carbons (Fsp3) is 0.273. The van der Waals surface area contributed by atoms with E-state index in [1.54, 1.807) is 30.4 Å². The number of likely N-dealkylation sites (N-methyl/N-ethyl adjacent to an activating group) is 1. The number of hydrogen-bond acceptors (Lipinski definition) is 5. The Bertz CT molecular complexity index is 925. The van der Waals surface area contributed by atoms with Crippen molar-refractivity contribution in [2.45, 2.75) is 26.7 Å². The van der Waals surface area contributed by atoms with E-state index < -0.39 is 0 Å².